The van der Waals surface area contributed by atoms with Gasteiger partial charge in [-0.25, -0.2) is 0 Å². The molecule has 1 aromatic heterocycles. The number of aryl methyl sites for hydroxylation is 1. The summed E-state index contributed by atoms with van der Waals surface area (Å²) in [5.74, 6) is 1.11. The van der Waals surface area contributed by atoms with Gasteiger partial charge in [0, 0.05) is 15.6 Å². The first-order valence-electron chi connectivity index (χ1n) is 6.02. The van der Waals surface area contributed by atoms with Gasteiger partial charge in [-0.1, -0.05) is 11.6 Å². The third kappa shape index (κ3) is 2.38. The summed E-state index contributed by atoms with van der Waals surface area (Å²) in [5.41, 5.74) is 2.28. The van der Waals surface area contributed by atoms with Gasteiger partial charge < -0.3 is 9.73 Å². The molecule has 3 rings (SSSR count). The average Bonchev–Trinajstić information content (AvgIpc) is 2.83. The van der Waals surface area contributed by atoms with E-state index in [0.29, 0.717) is 6.04 Å². The van der Waals surface area contributed by atoms with E-state index < -0.39 is 0 Å². The van der Waals surface area contributed by atoms with E-state index in [1.54, 1.807) is 6.26 Å². The predicted molar refractivity (Wildman–Crippen MR) is 82.2 cm³/mol. The largest absolute Gasteiger partial charge is 0.469 e. The van der Waals surface area contributed by atoms with Crippen molar-refractivity contribution >= 4 is 39.9 Å². The third-order valence-electron chi connectivity index (χ3n) is 3.31. The van der Waals surface area contributed by atoms with E-state index in [2.05, 4.69) is 40.0 Å². The number of nitrogens with one attached hydrogen (secondary N) is 1. The standard InChI is InChI=1S/C14H13ClINO/c15-11-5-4-9(16)8-13(11)17-12-2-1-3-14-10(12)6-7-18-14/h4-8,12,17H,1-3H2. The molecule has 1 aliphatic carbocycles. The maximum absolute atomic E-state index is 6.23. The van der Waals surface area contributed by atoms with Crippen LogP contribution in [0.3, 0.4) is 0 Å². The third-order valence-corrected chi connectivity index (χ3v) is 4.31. The summed E-state index contributed by atoms with van der Waals surface area (Å²) in [4.78, 5) is 0. The van der Waals surface area contributed by atoms with Crippen LogP contribution in [0.5, 0.6) is 0 Å². The molecule has 0 aliphatic heterocycles. The van der Waals surface area contributed by atoms with Gasteiger partial charge in [0.1, 0.15) is 5.76 Å². The van der Waals surface area contributed by atoms with Crippen LogP contribution in [0.25, 0.3) is 0 Å². The van der Waals surface area contributed by atoms with Gasteiger partial charge in [0.2, 0.25) is 0 Å². The molecule has 1 heterocycles. The molecule has 0 bridgehead atoms. The minimum Gasteiger partial charge on any atom is -0.469 e. The predicted octanol–water partition coefficient (Wildman–Crippen LogP) is 5.03. The van der Waals surface area contributed by atoms with E-state index in [1.165, 1.54) is 9.13 Å². The number of anilines is 1. The Bertz CT molecular complexity index is 567. The molecule has 1 aliphatic rings. The summed E-state index contributed by atoms with van der Waals surface area (Å²) < 4.78 is 6.69. The summed E-state index contributed by atoms with van der Waals surface area (Å²) in [6.07, 6.45) is 5.09. The van der Waals surface area contributed by atoms with Crippen molar-refractivity contribution in [2.45, 2.75) is 25.3 Å². The molecule has 2 nitrogen and oxygen atoms in total. The van der Waals surface area contributed by atoms with Gasteiger partial charge in [0.15, 0.2) is 0 Å². The van der Waals surface area contributed by atoms with Gasteiger partial charge in [-0.05, 0) is 59.7 Å². The molecule has 0 spiro atoms. The number of hydrogen-bond donors (Lipinski definition) is 1. The lowest BCUT2D eigenvalue weighted by atomic mass is 9.93. The van der Waals surface area contributed by atoms with Crippen molar-refractivity contribution in [3.8, 4) is 0 Å². The molecule has 18 heavy (non-hydrogen) atoms. The highest BCUT2D eigenvalue weighted by Crippen LogP contribution is 2.35. The Labute approximate surface area is 125 Å². The lowest BCUT2D eigenvalue weighted by Gasteiger charge is -2.24. The smallest absolute Gasteiger partial charge is 0.109 e. The Morgan fingerprint density at radius 3 is 3.11 bits per heavy atom. The summed E-state index contributed by atoms with van der Waals surface area (Å²) in [5, 5.41) is 4.31. The molecule has 0 saturated heterocycles. The van der Waals surface area contributed by atoms with Crippen LogP contribution in [-0.2, 0) is 6.42 Å². The fourth-order valence-electron chi connectivity index (χ4n) is 2.43. The molecular formula is C14H13ClINO. The zero-order valence-electron chi connectivity index (χ0n) is 9.75. The highest BCUT2D eigenvalue weighted by molar-refractivity contribution is 14.1. The Balaban J connectivity index is 1.88. The van der Waals surface area contributed by atoms with Gasteiger partial charge in [-0.3, -0.25) is 0 Å². The molecule has 1 atom stereocenters. The van der Waals surface area contributed by atoms with Crippen molar-refractivity contribution < 1.29 is 4.42 Å². The number of fused-ring (bicyclic) bond motifs is 1. The van der Waals surface area contributed by atoms with Crippen LogP contribution in [0.15, 0.2) is 34.9 Å². The van der Waals surface area contributed by atoms with Crippen molar-refractivity contribution in [2.24, 2.45) is 0 Å². The first-order chi connectivity index (χ1) is 8.74. The first-order valence-corrected chi connectivity index (χ1v) is 7.47. The summed E-state index contributed by atoms with van der Waals surface area (Å²) in [6.45, 7) is 0. The van der Waals surface area contributed by atoms with E-state index in [-0.39, 0.29) is 0 Å². The summed E-state index contributed by atoms with van der Waals surface area (Å²) >= 11 is 8.53. The maximum atomic E-state index is 6.23. The molecule has 94 valence electrons. The molecule has 0 radical (unpaired) electrons. The Morgan fingerprint density at radius 1 is 1.33 bits per heavy atom. The Kier molecular flexibility index (Phi) is 3.52. The highest BCUT2D eigenvalue weighted by Gasteiger charge is 2.22. The molecule has 1 aromatic carbocycles. The second kappa shape index (κ2) is 5.13. The van der Waals surface area contributed by atoms with Crippen LogP contribution >= 0.6 is 34.2 Å². The lowest BCUT2D eigenvalue weighted by molar-refractivity contribution is 0.461. The summed E-state index contributed by atoms with van der Waals surface area (Å²) in [7, 11) is 0. The van der Waals surface area contributed by atoms with Crippen LogP contribution in [-0.4, -0.2) is 0 Å². The monoisotopic (exact) mass is 373 g/mol. The molecular weight excluding hydrogens is 361 g/mol. The second-order valence-corrected chi connectivity index (χ2v) is 6.17. The second-order valence-electron chi connectivity index (χ2n) is 4.51. The molecule has 1 N–H and O–H groups in total. The number of furan rings is 1. The Morgan fingerprint density at radius 2 is 2.22 bits per heavy atom. The summed E-state index contributed by atoms with van der Waals surface area (Å²) in [6, 6.07) is 8.40. The van der Waals surface area contributed by atoms with Crippen molar-refractivity contribution in [1.29, 1.82) is 0 Å². The van der Waals surface area contributed by atoms with Crippen LogP contribution in [0.4, 0.5) is 5.69 Å². The molecule has 1 unspecified atom stereocenters. The minimum absolute atomic E-state index is 0.309. The number of halogens is 2. The quantitative estimate of drug-likeness (QED) is 0.747. The van der Waals surface area contributed by atoms with Crippen LogP contribution < -0.4 is 5.32 Å². The molecule has 2 aromatic rings. The van der Waals surface area contributed by atoms with Gasteiger partial charge in [0.25, 0.3) is 0 Å². The normalized spacial score (nSPS) is 18.4. The SMILES string of the molecule is Clc1ccc(I)cc1NC1CCCc2occc21. The van der Waals surface area contributed by atoms with Gasteiger partial charge in [-0.15, -0.1) is 0 Å². The number of hydrogen-bond acceptors (Lipinski definition) is 2. The topological polar surface area (TPSA) is 25.2 Å². The van der Waals surface area contributed by atoms with Crippen molar-refractivity contribution in [2.75, 3.05) is 5.32 Å². The van der Waals surface area contributed by atoms with Gasteiger partial charge in [-0.2, -0.15) is 0 Å². The first kappa shape index (κ1) is 12.4. The highest BCUT2D eigenvalue weighted by atomic mass is 127. The van der Waals surface area contributed by atoms with E-state index >= 15 is 0 Å². The van der Waals surface area contributed by atoms with Crippen molar-refractivity contribution in [3.05, 3.63) is 50.4 Å². The van der Waals surface area contributed by atoms with Crippen molar-refractivity contribution in [3.63, 3.8) is 0 Å². The van der Waals surface area contributed by atoms with E-state index in [0.717, 1.165) is 35.7 Å². The number of rotatable bonds is 2. The fraction of sp³-hybridized carbons (Fsp3) is 0.286. The molecule has 0 saturated carbocycles. The zero-order chi connectivity index (χ0) is 12.5. The van der Waals surface area contributed by atoms with Crippen LogP contribution in [0.2, 0.25) is 5.02 Å². The lowest BCUT2D eigenvalue weighted by Crippen LogP contribution is -2.16. The number of benzene rings is 1. The van der Waals surface area contributed by atoms with Crippen LogP contribution in [0, 0.1) is 3.57 Å². The van der Waals surface area contributed by atoms with Crippen molar-refractivity contribution in [1.82, 2.24) is 0 Å². The van der Waals surface area contributed by atoms with Gasteiger partial charge >= 0.3 is 0 Å². The van der Waals surface area contributed by atoms with E-state index in [9.17, 15) is 0 Å². The van der Waals surface area contributed by atoms with Gasteiger partial charge in [0.05, 0.1) is 23.0 Å². The van der Waals surface area contributed by atoms with E-state index in [1.807, 2.05) is 12.1 Å². The maximum Gasteiger partial charge on any atom is 0.109 e. The minimum atomic E-state index is 0.309. The van der Waals surface area contributed by atoms with E-state index in [4.69, 9.17) is 16.0 Å². The average molecular weight is 374 g/mol. The van der Waals surface area contributed by atoms with Crippen LogP contribution in [0.1, 0.15) is 30.2 Å². The molecule has 4 heteroatoms. The molecule has 0 amide bonds. The zero-order valence-corrected chi connectivity index (χ0v) is 12.7. The molecule has 0 fully saturated rings. The Hall–Kier alpha value is -0.680. The fourth-order valence-corrected chi connectivity index (χ4v) is 3.10.